The lowest BCUT2D eigenvalue weighted by Gasteiger charge is -2.25. The van der Waals surface area contributed by atoms with Gasteiger partial charge in [-0.05, 0) is 31.5 Å². The predicted octanol–water partition coefficient (Wildman–Crippen LogP) is 4.38. The van der Waals surface area contributed by atoms with Crippen LogP contribution in [0.1, 0.15) is 31.9 Å². The molecule has 140 valence electrons. The molecule has 2 aromatic carbocycles. The van der Waals surface area contributed by atoms with Crippen LogP contribution in [0.4, 0.5) is 14.5 Å². The van der Waals surface area contributed by atoms with Gasteiger partial charge in [0.1, 0.15) is 5.75 Å². The molecule has 0 spiro atoms. The fraction of sp³-hybridized carbons (Fsp3) is 0.350. The van der Waals surface area contributed by atoms with E-state index in [2.05, 4.69) is 10.1 Å². The number of rotatable bonds is 9. The number of amides is 1. The summed E-state index contributed by atoms with van der Waals surface area (Å²) in [6.07, 6.45) is 0.562. The molecule has 26 heavy (non-hydrogen) atoms. The summed E-state index contributed by atoms with van der Waals surface area (Å²) in [4.78, 5) is 14.5. The number of anilines is 1. The average molecular weight is 362 g/mol. The van der Waals surface area contributed by atoms with Crippen LogP contribution in [0.2, 0.25) is 0 Å². The second kappa shape index (κ2) is 9.75. The Morgan fingerprint density at radius 2 is 1.73 bits per heavy atom. The van der Waals surface area contributed by atoms with Gasteiger partial charge in [-0.15, -0.1) is 0 Å². The van der Waals surface area contributed by atoms with Gasteiger partial charge in [0.2, 0.25) is 5.91 Å². The number of para-hydroxylation sites is 2. The summed E-state index contributed by atoms with van der Waals surface area (Å²) < 4.78 is 29.8. The van der Waals surface area contributed by atoms with Crippen LogP contribution in [-0.4, -0.2) is 25.6 Å². The minimum Gasteiger partial charge on any atom is -0.434 e. The van der Waals surface area contributed by atoms with Gasteiger partial charge in [0, 0.05) is 17.8 Å². The van der Waals surface area contributed by atoms with E-state index in [1.54, 1.807) is 18.2 Å². The van der Waals surface area contributed by atoms with Crippen molar-refractivity contribution in [3.63, 3.8) is 0 Å². The lowest BCUT2D eigenvalue weighted by Crippen LogP contribution is -2.39. The Kier molecular flexibility index (Phi) is 7.38. The topological polar surface area (TPSA) is 41.6 Å². The summed E-state index contributed by atoms with van der Waals surface area (Å²) in [5, 5.41) is 2.93. The van der Waals surface area contributed by atoms with Gasteiger partial charge in [-0.25, -0.2) is 0 Å². The zero-order chi connectivity index (χ0) is 18.9. The second-order valence-electron chi connectivity index (χ2n) is 5.79. The molecule has 0 saturated heterocycles. The van der Waals surface area contributed by atoms with E-state index in [1.165, 1.54) is 6.07 Å². The first-order valence-electron chi connectivity index (χ1n) is 8.68. The van der Waals surface area contributed by atoms with Gasteiger partial charge in [0.15, 0.2) is 0 Å². The van der Waals surface area contributed by atoms with Crippen LogP contribution in [0.3, 0.4) is 0 Å². The Morgan fingerprint density at radius 3 is 2.35 bits per heavy atom. The Morgan fingerprint density at radius 1 is 1.08 bits per heavy atom. The van der Waals surface area contributed by atoms with Gasteiger partial charge in [-0.3, -0.25) is 4.79 Å². The van der Waals surface area contributed by atoms with Crippen molar-refractivity contribution >= 4 is 11.6 Å². The molecule has 0 aliphatic rings. The summed E-state index contributed by atoms with van der Waals surface area (Å²) in [5.74, 6) is -0.0838. The SMILES string of the molecule is CCC(NC(=O)CN(CC)c1ccccc1)c1ccccc1OC(F)F. The van der Waals surface area contributed by atoms with Crippen molar-refractivity contribution in [1.29, 1.82) is 0 Å². The largest absolute Gasteiger partial charge is 0.434 e. The maximum Gasteiger partial charge on any atom is 0.387 e. The number of benzene rings is 2. The third-order valence-electron chi connectivity index (χ3n) is 4.09. The minimum absolute atomic E-state index is 0.0880. The summed E-state index contributed by atoms with van der Waals surface area (Å²) in [6, 6.07) is 15.8. The third-order valence-corrected chi connectivity index (χ3v) is 4.09. The maximum atomic E-state index is 12.6. The first-order valence-corrected chi connectivity index (χ1v) is 8.68. The van der Waals surface area contributed by atoms with Crippen molar-refractivity contribution in [2.24, 2.45) is 0 Å². The van der Waals surface area contributed by atoms with Crippen molar-refractivity contribution in [2.45, 2.75) is 32.9 Å². The molecule has 2 rings (SSSR count). The van der Waals surface area contributed by atoms with Crippen molar-refractivity contribution in [1.82, 2.24) is 5.32 Å². The predicted molar refractivity (Wildman–Crippen MR) is 98.6 cm³/mol. The van der Waals surface area contributed by atoms with Crippen molar-refractivity contribution < 1.29 is 18.3 Å². The average Bonchev–Trinajstić information content (AvgIpc) is 2.65. The molecular formula is C20H24F2N2O2. The van der Waals surface area contributed by atoms with E-state index in [1.807, 2.05) is 49.1 Å². The van der Waals surface area contributed by atoms with Crippen LogP contribution < -0.4 is 15.0 Å². The van der Waals surface area contributed by atoms with E-state index in [0.717, 1.165) is 5.69 Å². The number of carbonyl (C=O) groups is 1. The second-order valence-corrected chi connectivity index (χ2v) is 5.79. The lowest BCUT2D eigenvalue weighted by atomic mass is 10.0. The molecular weight excluding hydrogens is 338 g/mol. The molecule has 4 nitrogen and oxygen atoms in total. The first kappa shape index (κ1) is 19.7. The number of carbonyl (C=O) groups excluding carboxylic acids is 1. The van der Waals surface area contributed by atoms with Crippen LogP contribution in [-0.2, 0) is 4.79 Å². The molecule has 0 fully saturated rings. The van der Waals surface area contributed by atoms with Crippen molar-refractivity contribution in [2.75, 3.05) is 18.0 Å². The van der Waals surface area contributed by atoms with Crippen LogP contribution in [0.15, 0.2) is 54.6 Å². The van der Waals surface area contributed by atoms with Gasteiger partial charge in [-0.1, -0.05) is 43.3 Å². The number of halogens is 2. The highest BCUT2D eigenvalue weighted by Gasteiger charge is 2.19. The summed E-state index contributed by atoms with van der Waals surface area (Å²) in [7, 11) is 0. The fourth-order valence-electron chi connectivity index (χ4n) is 2.81. The monoisotopic (exact) mass is 362 g/mol. The molecule has 6 heteroatoms. The first-order chi connectivity index (χ1) is 12.5. The Hall–Kier alpha value is -2.63. The van der Waals surface area contributed by atoms with E-state index in [9.17, 15) is 13.6 Å². The smallest absolute Gasteiger partial charge is 0.387 e. The zero-order valence-electron chi connectivity index (χ0n) is 15.0. The van der Waals surface area contributed by atoms with Crippen LogP contribution in [0, 0.1) is 0 Å². The summed E-state index contributed by atoms with van der Waals surface area (Å²) in [5.41, 5.74) is 1.51. The van der Waals surface area contributed by atoms with Gasteiger partial charge in [0.05, 0.1) is 12.6 Å². The molecule has 0 aliphatic heterocycles. The highest BCUT2D eigenvalue weighted by atomic mass is 19.3. The molecule has 0 saturated carbocycles. The molecule has 0 bridgehead atoms. The molecule has 0 radical (unpaired) electrons. The molecule has 2 aromatic rings. The fourth-order valence-corrected chi connectivity index (χ4v) is 2.81. The molecule has 1 atom stereocenters. The van der Waals surface area contributed by atoms with Crippen LogP contribution in [0.25, 0.3) is 0 Å². The highest BCUT2D eigenvalue weighted by molar-refractivity contribution is 5.81. The van der Waals surface area contributed by atoms with E-state index in [-0.39, 0.29) is 18.2 Å². The molecule has 1 N–H and O–H groups in total. The number of hydrogen-bond acceptors (Lipinski definition) is 3. The minimum atomic E-state index is -2.90. The summed E-state index contributed by atoms with van der Waals surface area (Å²) in [6.45, 7) is 1.83. The van der Waals surface area contributed by atoms with Crippen molar-refractivity contribution in [3.05, 3.63) is 60.2 Å². The Labute approximate surface area is 152 Å². The summed E-state index contributed by atoms with van der Waals surface area (Å²) >= 11 is 0. The number of nitrogens with one attached hydrogen (secondary N) is 1. The third kappa shape index (κ3) is 5.44. The van der Waals surface area contributed by atoms with Gasteiger partial charge in [0.25, 0.3) is 0 Å². The van der Waals surface area contributed by atoms with E-state index >= 15 is 0 Å². The van der Waals surface area contributed by atoms with Crippen LogP contribution in [0.5, 0.6) is 5.75 Å². The van der Waals surface area contributed by atoms with Gasteiger partial charge < -0.3 is 15.0 Å². The number of ether oxygens (including phenoxy) is 1. The standard InChI is InChI=1S/C20H24F2N2O2/c1-3-17(16-12-8-9-13-18(16)26-20(21)22)23-19(25)14-24(4-2)15-10-6-5-7-11-15/h5-13,17,20H,3-4,14H2,1-2H3,(H,23,25). The number of hydrogen-bond donors (Lipinski definition) is 1. The van der Waals surface area contributed by atoms with E-state index in [0.29, 0.717) is 18.5 Å². The number of likely N-dealkylation sites (N-methyl/N-ethyl adjacent to an activating group) is 1. The van der Waals surface area contributed by atoms with E-state index < -0.39 is 12.7 Å². The Bertz CT molecular complexity index is 695. The molecule has 0 aromatic heterocycles. The normalized spacial score (nSPS) is 11.9. The molecule has 1 unspecified atom stereocenters. The van der Waals surface area contributed by atoms with Gasteiger partial charge >= 0.3 is 6.61 Å². The molecule has 1 amide bonds. The molecule has 0 aliphatic carbocycles. The lowest BCUT2D eigenvalue weighted by molar-refractivity contribution is -0.120. The highest BCUT2D eigenvalue weighted by Crippen LogP contribution is 2.28. The van der Waals surface area contributed by atoms with Gasteiger partial charge in [-0.2, -0.15) is 8.78 Å². The number of alkyl halides is 2. The van der Waals surface area contributed by atoms with E-state index in [4.69, 9.17) is 0 Å². The van der Waals surface area contributed by atoms with Crippen LogP contribution >= 0.6 is 0 Å². The maximum absolute atomic E-state index is 12.6. The number of nitrogens with zero attached hydrogens (tertiary/aromatic N) is 1. The Balaban J connectivity index is 2.09. The zero-order valence-corrected chi connectivity index (χ0v) is 15.0. The molecule has 0 heterocycles. The quantitative estimate of drug-likeness (QED) is 0.720. The van der Waals surface area contributed by atoms with Crippen molar-refractivity contribution in [3.8, 4) is 5.75 Å².